The third-order valence-electron chi connectivity index (χ3n) is 11.8. The van der Waals surface area contributed by atoms with Crippen molar-refractivity contribution in [2.75, 3.05) is 39.5 Å². The van der Waals surface area contributed by atoms with Gasteiger partial charge in [0.25, 0.3) is 0 Å². The maximum absolute atomic E-state index is 12.8. The number of ether oxygens (including phenoxy) is 5. The number of carbonyl (C=O) groups is 5. The van der Waals surface area contributed by atoms with Crippen LogP contribution in [0.25, 0.3) is 0 Å². The lowest BCUT2D eigenvalue weighted by molar-refractivity contribution is -0.154. The minimum atomic E-state index is -0.503. The summed E-state index contributed by atoms with van der Waals surface area (Å²) >= 11 is 0. The van der Waals surface area contributed by atoms with Gasteiger partial charge in [0.05, 0.1) is 5.92 Å². The number of hydrogen-bond donors (Lipinski definition) is 0. The van der Waals surface area contributed by atoms with Gasteiger partial charge in [-0.3, -0.25) is 24.0 Å². The van der Waals surface area contributed by atoms with Crippen LogP contribution in [-0.4, -0.2) is 86.4 Å². The van der Waals surface area contributed by atoms with Gasteiger partial charge in [-0.2, -0.15) is 0 Å². The summed E-state index contributed by atoms with van der Waals surface area (Å²) in [6.45, 7) is 11.4. The molecule has 11 heteroatoms. The van der Waals surface area contributed by atoms with E-state index in [0.717, 1.165) is 122 Å². The Morgan fingerprint density at radius 2 is 0.716 bits per heavy atom. The molecule has 0 aliphatic carbocycles. The van der Waals surface area contributed by atoms with Gasteiger partial charge in [0, 0.05) is 32.1 Å². The zero-order chi connectivity index (χ0) is 48.8. The van der Waals surface area contributed by atoms with E-state index in [9.17, 15) is 24.0 Å². The average Bonchev–Trinajstić information content (AvgIpc) is 3.84. The molecule has 0 aromatic heterocycles. The number of nitrogens with zero attached hydrogens (tertiary/aromatic N) is 1. The van der Waals surface area contributed by atoms with E-state index < -0.39 is 5.92 Å². The monoisotopic (exact) mass is 942 g/mol. The molecule has 1 aliphatic heterocycles. The van der Waals surface area contributed by atoms with Crippen LogP contribution < -0.4 is 0 Å². The maximum Gasteiger partial charge on any atom is 0.306 e. The molecule has 384 valence electrons. The largest absolute Gasteiger partial charge is 0.465 e. The fourth-order valence-corrected chi connectivity index (χ4v) is 7.88. The zero-order valence-electron chi connectivity index (χ0n) is 42.8. The second-order valence-electron chi connectivity index (χ2n) is 18.2. The molecule has 0 aromatic rings. The first-order chi connectivity index (χ1) is 32.7. The van der Waals surface area contributed by atoms with Crippen LogP contribution in [0.1, 0.15) is 220 Å². The predicted molar refractivity (Wildman–Crippen MR) is 270 cm³/mol. The first kappa shape index (κ1) is 61.3. The Morgan fingerprint density at radius 1 is 0.403 bits per heavy atom. The van der Waals surface area contributed by atoms with E-state index in [1.165, 1.54) is 12.8 Å². The topological polar surface area (TPSA) is 135 Å². The van der Waals surface area contributed by atoms with E-state index in [1.54, 1.807) is 0 Å². The minimum Gasteiger partial charge on any atom is -0.465 e. The number of esters is 5. The fourth-order valence-electron chi connectivity index (χ4n) is 7.88. The van der Waals surface area contributed by atoms with Crippen molar-refractivity contribution in [1.29, 1.82) is 0 Å². The molecule has 0 saturated carbocycles. The number of unbranched alkanes of at least 4 members (excludes halogenated alkanes) is 8. The molecular weight excluding hydrogens is 847 g/mol. The van der Waals surface area contributed by atoms with Crippen molar-refractivity contribution in [2.24, 2.45) is 5.92 Å². The highest BCUT2D eigenvalue weighted by molar-refractivity contribution is 5.71. The summed E-state index contributed by atoms with van der Waals surface area (Å²) in [4.78, 5) is 66.0. The quantitative estimate of drug-likeness (QED) is 0.0250. The Bertz CT molecular complexity index is 1260. The van der Waals surface area contributed by atoms with Gasteiger partial charge in [-0.1, -0.05) is 89.1 Å². The van der Waals surface area contributed by atoms with E-state index in [2.05, 4.69) is 81.2 Å². The third kappa shape index (κ3) is 38.9. The highest BCUT2D eigenvalue weighted by atomic mass is 16.6. The number of hydrogen-bond acceptors (Lipinski definition) is 11. The van der Waals surface area contributed by atoms with E-state index in [0.29, 0.717) is 64.2 Å². The molecule has 0 atom stereocenters. The summed E-state index contributed by atoms with van der Waals surface area (Å²) in [6, 6.07) is 0. The molecule has 1 aliphatic rings. The highest BCUT2D eigenvalue weighted by Gasteiger charge is 2.20. The van der Waals surface area contributed by atoms with Gasteiger partial charge in [-0.25, -0.2) is 0 Å². The molecule has 0 amide bonds. The SMILES string of the molecule is CC/C=C\CCCC(CCC/C=C\CC)OC(=O)CCCCCC(=O)OCC(COC(=O)CCCCCC(=O)OC(CCC/C=C\CC)CCC/C=C\CC)COC(=O)CCCN1CCCC1. The van der Waals surface area contributed by atoms with Crippen LogP contribution in [0.5, 0.6) is 0 Å². The Balaban J connectivity index is 2.53. The van der Waals surface area contributed by atoms with Crippen molar-refractivity contribution in [2.45, 2.75) is 233 Å². The second-order valence-corrected chi connectivity index (χ2v) is 18.2. The fraction of sp³-hybridized carbons (Fsp3) is 0.768. The molecule has 1 heterocycles. The molecule has 1 fully saturated rings. The van der Waals surface area contributed by atoms with Gasteiger partial charge in [0.2, 0.25) is 0 Å². The van der Waals surface area contributed by atoms with Crippen LogP contribution in [-0.2, 0) is 47.7 Å². The van der Waals surface area contributed by atoms with Crippen molar-refractivity contribution >= 4 is 29.8 Å². The van der Waals surface area contributed by atoms with E-state index in [-0.39, 0.29) is 74.7 Å². The number of likely N-dealkylation sites (tertiary alicyclic amines) is 1. The van der Waals surface area contributed by atoms with Gasteiger partial charge < -0.3 is 28.6 Å². The highest BCUT2D eigenvalue weighted by Crippen LogP contribution is 2.18. The van der Waals surface area contributed by atoms with Gasteiger partial charge in [0.1, 0.15) is 32.0 Å². The van der Waals surface area contributed by atoms with Crippen LogP contribution in [0, 0.1) is 5.92 Å². The molecule has 0 spiro atoms. The molecular formula is C56H95NO10. The molecule has 0 N–H and O–H groups in total. The summed E-state index contributed by atoms with van der Waals surface area (Å²) in [5, 5.41) is 0. The van der Waals surface area contributed by atoms with Crippen LogP contribution in [0.15, 0.2) is 48.6 Å². The van der Waals surface area contributed by atoms with E-state index in [4.69, 9.17) is 23.7 Å². The molecule has 1 rings (SSSR count). The smallest absolute Gasteiger partial charge is 0.306 e. The van der Waals surface area contributed by atoms with E-state index in [1.807, 2.05) is 0 Å². The number of carbonyl (C=O) groups excluding carboxylic acids is 5. The lowest BCUT2D eigenvalue weighted by atomic mass is 10.0. The Labute approximate surface area is 407 Å². The summed E-state index contributed by atoms with van der Waals surface area (Å²) in [7, 11) is 0. The number of allylic oxidation sites excluding steroid dienone is 8. The molecule has 0 bridgehead atoms. The second kappa shape index (κ2) is 44.8. The molecule has 11 nitrogen and oxygen atoms in total. The first-order valence-electron chi connectivity index (χ1n) is 26.9. The maximum atomic E-state index is 12.8. The predicted octanol–water partition coefficient (Wildman–Crippen LogP) is 13.4. The van der Waals surface area contributed by atoms with Crippen molar-refractivity contribution in [1.82, 2.24) is 4.90 Å². The van der Waals surface area contributed by atoms with Crippen LogP contribution >= 0.6 is 0 Å². The lowest BCUT2D eigenvalue weighted by Gasteiger charge is -2.18. The average molecular weight is 942 g/mol. The third-order valence-corrected chi connectivity index (χ3v) is 11.8. The minimum absolute atomic E-state index is 0.0227. The zero-order valence-corrected chi connectivity index (χ0v) is 42.8. The first-order valence-corrected chi connectivity index (χ1v) is 26.9. The number of rotatable bonds is 44. The lowest BCUT2D eigenvalue weighted by Crippen LogP contribution is -2.27. The summed E-state index contributed by atoms with van der Waals surface area (Å²) in [6.07, 6.45) is 40.9. The van der Waals surface area contributed by atoms with Gasteiger partial charge in [-0.05, 0) is 167 Å². The molecule has 1 saturated heterocycles. The van der Waals surface area contributed by atoms with Crippen LogP contribution in [0.4, 0.5) is 0 Å². The summed E-state index contributed by atoms with van der Waals surface area (Å²) < 4.78 is 28.5. The van der Waals surface area contributed by atoms with E-state index >= 15 is 0 Å². The van der Waals surface area contributed by atoms with Gasteiger partial charge in [-0.15, -0.1) is 0 Å². The van der Waals surface area contributed by atoms with Crippen LogP contribution in [0.2, 0.25) is 0 Å². The molecule has 0 unspecified atom stereocenters. The normalized spacial score (nSPS) is 13.4. The van der Waals surface area contributed by atoms with Crippen molar-refractivity contribution in [3.63, 3.8) is 0 Å². The molecule has 67 heavy (non-hydrogen) atoms. The van der Waals surface area contributed by atoms with Gasteiger partial charge >= 0.3 is 29.8 Å². The summed E-state index contributed by atoms with van der Waals surface area (Å²) in [5.41, 5.74) is 0. The Kier molecular flexibility index (Phi) is 40.9. The Morgan fingerprint density at radius 3 is 1.04 bits per heavy atom. The van der Waals surface area contributed by atoms with Crippen molar-refractivity contribution in [3.8, 4) is 0 Å². The standard InChI is InChI=1S/C56H95NO10/c1-5-9-13-17-23-34-50(35-24-18-14-10-6-2)66-55(61)40-29-21-27-38-52(58)63-46-49(48-65-54(60)42-33-45-57-43-31-32-44-57)47-64-53(59)39-28-22-30-41-56(62)67-51(36-25-19-15-11-7-3)37-26-20-16-12-8-4/h9-16,49-51H,5-8,17-48H2,1-4H3/b13-9-,14-10-,15-11-,16-12-. The van der Waals surface area contributed by atoms with Crippen LogP contribution in [0.3, 0.4) is 0 Å². The Hall–Kier alpha value is -3.73. The molecule has 0 radical (unpaired) electrons. The van der Waals surface area contributed by atoms with Crippen molar-refractivity contribution < 1.29 is 47.7 Å². The van der Waals surface area contributed by atoms with Gasteiger partial charge in [0.15, 0.2) is 0 Å². The molecule has 0 aromatic carbocycles. The van der Waals surface area contributed by atoms with Crippen molar-refractivity contribution in [3.05, 3.63) is 48.6 Å². The summed E-state index contributed by atoms with van der Waals surface area (Å²) in [5.74, 6) is -1.96.